The van der Waals surface area contributed by atoms with Gasteiger partial charge in [-0.05, 0) is 45.6 Å². The molecule has 0 bridgehead atoms. The van der Waals surface area contributed by atoms with Crippen molar-refractivity contribution in [3.05, 3.63) is 29.7 Å². The molecule has 2 saturated heterocycles. The van der Waals surface area contributed by atoms with Gasteiger partial charge >= 0.3 is 12.0 Å². The van der Waals surface area contributed by atoms with E-state index < -0.39 is 5.97 Å². The molecule has 1 aliphatic carbocycles. The molecule has 3 aliphatic rings. The van der Waals surface area contributed by atoms with Crippen LogP contribution < -0.4 is 9.64 Å². The monoisotopic (exact) mass is 521 g/mol. The van der Waals surface area contributed by atoms with Crippen molar-refractivity contribution in [1.29, 1.82) is 0 Å². The van der Waals surface area contributed by atoms with Crippen molar-refractivity contribution < 1.29 is 19.4 Å². The molecule has 0 aromatic carbocycles. The largest absolute Gasteiger partial charge is 0.477 e. The van der Waals surface area contributed by atoms with Gasteiger partial charge in [0, 0.05) is 50.4 Å². The maximum absolute atomic E-state index is 12.2. The lowest BCUT2D eigenvalue weighted by molar-refractivity contribution is 0.0115. The summed E-state index contributed by atoms with van der Waals surface area (Å²) in [7, 11) is 0. The molecule has 3 fully saturated rings. The van der Waals surface area contributed by atoms with Gasteiger partial charge in [-0.1, -0.05) is 6.42 Å². The zero-order valence-corrected chi connectivity index (χ0v) is 22.0. The van der Waals surface area contributed by atoms with Crippen molar-refractivity contribution in [2.24, 2.45) is 0 Å². The third-order valence-electron chi connectivity index (χ3n) is 7.90. The highest BCUT2D eigenvalue weighted by atomic mass is 16.5. The summed E-state index contributed by atoms with van der Waals surface area (Å²) in [5.41, 5.74) is 2.42. The minimum atomic E-state index is -1.05. The summed E-state index contributed by atoms with van der Waals surface area (Å²) in [5.74, 6) is -0.215. The first-order valence-electron chi connectivity index (χ1n) is 13.7. The molecule has 0 unspecified atom stereocenters. The predicted molar refractivity (Wildman–Crippen MR) is 141 cm³/mol. The fourth-order valence-corrected chi connectivity index (χ4v) is 5.74. The average molecular weight is 522 g/mol. The van der Waals surface area contributed by atoms with Gasteiger partial charge in [-0.25, -0.2) is 14.8 Å². The zero-order chi connectivity index (χ0) is 26.2. The van der Waals surface area contributed by atoms with Crippen LogP contribution in [0.2, 0.25) is 0 Å². The molecule has 11 nitrogen and oxygen atoms in total. The minimum Gasteiger partial charge on any atom is -0.477 e. The molecule has 38 heavy (non-hydrogen) atoms. The Hall–Kier alpha value is -3.31. The van der Waals surface area contributed by atoms with Gasteiger partial charge in [0.15, 0.2) is 17.2 Å². The first-order chi connectivity index (χ1) is 18.5. The maximum Gasteiger partial charge on any atom is 0.354 e. The summed E-state index contributed by atoms with van der Waals surface area (Å²) in [5, 5.41) is 15.9. The number of aromatic nitrogens is 5. The number of aromatic carboxylic acids is 1. The third-order valence-corrected chi connectivity index (χ3v) is 7.90. The number of hydrogen-bond donors (Lipinski definition) is 1. The Bertz CT molecular complexity index is 1310. The van der Waals surface area contributed by atoms with Crippen molar-refractivity contribution in [3.8, 4) is 11.8 Å². The van der Waals surface area contributed by atoms with Crippen LogP contribution in [-0.4, -0.2) is 92.2 Å². The molecule has 0 radical (unpaired) electrons. The number of nitrogens with zero attached hydrogens (tertiary/aromatic N) is 7. The number of ether oxygens (including phenoxy) is 2. The average Bonchev–Trinajstić information content (AvgIpc) is 3.26. The van der Waals surface area contributed by atoms with Crippen molar-refractivity contribution in [2.75, 3.05) is 44.3 Å². The highest BCUT2D eigenvalue weighted by Gasteiger charge is 2.32. The van der Waals surface area contributed by atoms with Gasteiger partial charge in [0.1, 0.15) is 0 Å². The number of carboxylic acids is 1. The van der Waals surface area contributed by atoms with E-state index in [4.69, 9.17) is 14.6 Å². The van der Waals surface area contributed by atoms with Crippen molar-refractivity contribution in [1.82, 2.24) is 29.6 Å². The molecule has 6 rings (SSSR count). The number of carbonyl (C=O) groups is 1. The van der Waals surface area contributed by atoms with Crippen molar-refractivity contribution in [2.45, 2.75) is 64.0 Å². The normalized spacial score (nSPS) is 19.7. The van der Waals surface area contributed by atoms with E-state index >= 15 is 0 Å². The molecule has 202 valence electrons. The number of rotatable bonds is 7. The summed E-state index contributed by atoms with van der Waals surface area (Å²) < 4.78 is 12.9. The van der Waals surface area contributed by atoms with E-state index in [1.165, 1.54) is 6.42 Å². The molecule has 3 aromatic rings. The van der Waals surface area contributed by atoms with Crippen LogP contribution >= 0.6 is 0 Å². The highest BCUT2D eigenvalue weighted by Crippen LogP contribution is 2.43. The maximum atomic E-state index is 12.2. The Morgan fingerprint density at radius 3 is 2.53 bits per heavy atom. The van der Waals surface area contributed by atoms with Crippen LogP contribution in [0.15, 0.2) is 18.3 Å². The second-order valence-corrected chi connectivity index (χ2v) is 10.7. The lowest BCUT2D eigenvalue weighted by Crippen LogP contribution is -2.49. The Labute approximate surface area is 221 Å². The van der Waals surface area contributed by atoms with Crippen LogP contribution in [0.1, 0.15) is 68.1 Å². The van der Waals surface area contributed by atoms with E-state index in [9.17, 15) is 9.90 Å². The predicted octanol–water partition coefficient (Wildman–Crippen LogP) is 3.26. The number of fused-ring (bicyclic) bond motifs is 1. The van der Waals surface area contributed by atoms with Gasteiger partial charge in [0.05, 0.1) is 36.1 Å². The van der Waals surface area contributed by atoms with E-state index in [0.29, 0.717) is 23.4 Å². The van der Waals surface area contributed by atoms with Crippen LogP contribution in [0.5, 0.6) is 6.01 Å². The fourth-order valence-electron chi connectivity index (χ4n) is 5.74. The van der Waals surface area contributed by atoms with Gasteiger partial charge in [0.25, 0.3) is 0 Å². The first-order valence-corrected chi connectivity index (χ1v) is 13.7. The lowest BCUT2D eigenvalue weighted by Gasteiger charge is -2.41. The standard InChI is InChI=1S/C27H35N7O4/c1-17(2)38-27-28-9-6-22(30-27)34-25-23(24(31-34)18-4-3-5-18)21(16-20(29-25)26(35)36)33-10-7-19(8-11-33)32-12-14-37-15-13-32/h6,9,16-19H,3-5,7-8,10-15H2,1-2H3,(H,35,36). The van der Waals surface area contributed by atoms with E-state index in [1.807, 2.05) is 13.8 Å². The quantitative estimate of drug-likeness (QED) is 0.496. The van der Waals surface area contributed by atoms with E-state index in [-0.39, 0.29) is 17.8 Å². The minimum absolute atomic E-state index is 0.0109. The van der Waals surface area contributed by atoms with Crippen LogP contribution in [0.4, 0.5) is 5.69 Å². The second kappa shape index (κ2) is 10.5. The van der Waals surface area contributed by atoms with E-state index in [0.717, 1.165) is 81.8 Å². The number of pyridine rings is 1. The van der Waals surface area contributed by atoms with Crippen LogP contribution in [0.25, 0.3) is 16.9 Å². The fraction of sp³-hybridized carbons (Fsp3) is 0.593. The summed E-state index contributed by atoms with van der Waals surface area (Å²) in [6.07, 6.45) is 6.92. The second-order valence-electron chi connectivity index (χ2n) is 10.7. The molecule has 1 saturated carbocycles. The van der Waals surface area contributed by atoms with Gasteiger partial charge < -0.3 is 19.5 Å². The SMILES string of the molecule is CC(C)Oc1nccc(-n2nc(C3CCC3)c3c(N4CCC(N5CCOCC5)CC4)cc(C(=O)O)nc32)n1. The lowest BCUT2D eigenvalue weighted by atomic mass is 9.82. The van der Waals surface area contributed by atoms with Gasteiger partial charge in [-0.15, -0.1) is 0 Å². The topological polar surface area (TPSA) is 119 Å². The number of hydrogen-bond acceptors (Lipinski definition) is 9. The molecule has 1 N–H and O–H groups in total. The molecule has 11 heteroatoms. The van der Waals surface area contributed by atoms with Gasteiger partial charge in [0.2, 0.25) is 0 Å². The van der Waals surface area contributed by atoms with E-state index in [2.05, 4.69) is 24.8 Å². The molecule has 0 atom stereocenters. The Morgan fingerprint density at radius 1 is 1.11 bits per heavy atom. The van der Waals surface area contributed by atoms with Crippen LogP contribution in [-0.2, 0) is 4.74 Å². The van der Waals surface area contributed by atoms with E-state index in [1.54, 1.807) is 23.0 Å². The molecule has 0 amide bonds. The number of morpholine rings is 1. The van der Waals surface area contributed by atoms with Gasteiger partial charge in [-0.2, -0.15) is 14.8 Å². The summed E-state index contributed by atoms with van der Waals surface area (Å²) in [4.78, 5) is 30.5. The Kier molecular flexibility index (Phi) is 6.87. The Balaban J connectivity index is 1.42. The smallest absolute Gasteiger partial charge is 0.354 e. The number of piperidine rings is 1. The Morgan fingerprint density at radius 2 is 1.87 bits per heavy atom. The molecule has 5 heterocycles. The summed E-state index contributed by atoms with van der Waals surface area (Å²) in [6.45, 7) is 9.10. The van der Waals surface area contributed by atoms with Crippen LogP contribution in [0, 0.1) is 0 Å². The number of carboxylic acid groups (broad SMARTS) is 1. The molecule has 3 aromatic heterocycles. The van der Waals surface area contributed by atoms with Crippen LogP contribution in [0.3, 0.4) is 0 Å². The van der Waals surface area contributed by atoms with Gasteiger partial charge in [-0.3, -0.25) is 4.90 Å². The summed E-state index contributed by atoms with van der Waals surface area (Å²) in [6, 6.07) is 4.28. The highest BCUT2D eigenvalue weighted by molar-refractivity contribution is 5.98. The number of anilines is 1. The third kappa shape index (κ3) is 4.80. The van der Waals surface area contributed by atoms with Crippen molar-refractivity contribution >= 4 is 22.7 Å². The van der Waals surface area contributed by atoms with Crippen molar-refractivity contribution in [3.63, 3.8) is 0 Å². The molecular weight excluding hydrogens is 486 g/mol. The zero-order valence-electron chi connectivity index (χ0n) is 22.0. The molecular formula is C27H35N7O4. The molecule has 2 aliphatic heterocycles. The first kappa shape index (κ1) is 25.0. The summed E-state index contributed by atoms with van der Waals surface area (Å²) >= 11 is 0. The molecule has 0 spiro atoms.